The molecule has 3 heteroatoms. The molecule has 0 radical (unpaired) electrons. The lowest BCUT2D eigenvalue weighted by molar-refractivity contribution is 0.823. The molecular weight excluding hydrogens is 150 g/mol. The monoisotopic (exact) mass is 171 g/mol. The molecule has 12 heavy (non-hydrogen) atoms. The number of rotatable bonds is 0. The summed E-state index contributed by atoms with van der Waals surface area (Å²) in [6.45, 7) is 11.9. The van der Waals surface area contributed by atoms with Gasteiger partial charge in [0.2, 0.25) is 0 Å². The van der Waals surface area contributed by atoms with Crippen LogP contribution < -0.4 is 0 Å². The Morgan fingerprint density at radius 3 is 1.17 bits per heavy atom. The molecule has 1 aromatic heterocycles. The molecule has 0 bridgehead atoms. The Morgan fingerprint density at radius 2 is 1.08 bits per heavy atom. The molecule has 0 aliphatic heterocycles. The van der Waals surface area contributed by atoms with E-state index in [1.807, 2.05) is 53.2 Å². The van der Waals surface area contributed by atoms with E-state index in [0.29, 0.717) is 0 Å². The summed E-state index contributed by atoms with van der Waals surface area (Å²) in [5.41, 5.74) is 0. The van der Waals surface area contributed by atoms with Crippen LogP contribution in [-0.2, 0) is 7.05 Å². The molecular formula is C9H21N3. The van der Waals surface area contributed by atoms with Crippen LogP contribution in [0.4, 0.5) is 0 Å². The van der Waals surface area contributed by atoms with Crippen molar-refractivity contribution in [3.63, 3.8) is 0 Å². The Labute approximate surface area is 75.8 Å². The molecule has 0 aromatic carbocycles. The minimum atomic E-state index is 0.961. The maximum Gasteiger partial charge on any atom is 0.129 e. The van der Waals surface area contributed by atoms with E-state index in [1.54, 1.807) is 0 Å². The Kier molecular flexibility index (Phi) is 9.41. The SMILES string of the molecule is CC.CC.Cc1nnc(C)n1C. The maximum absolute atomic E-state index is 3.83. The normalized spacial score (nSPS) is 7.58. The lowest BCUT2D eigenvalue weighted by atomic mass is 10.6. The van der Waals surface area contributed by atoms with Gasteiger partial charge in [0.25, 0.3) is 0 Å². The summed E-state index contributed by atoms with van der Waals surface area (Å²) in [6, 6.07) is 0. The zero-order valence-electron chi connectivity index (χ0n) is 9.34. The fraction of sp³-hybridized carbons (Fsp3) is 0.778. The molecule has 0 saturated carbocycles. The second kappa shape index (κ2) is 8.24. The summed E-state index contributed by atoms with van der Waals surface area (Å²) in [5.74, 6) is 1.92. The minimum Gasteiger partial charge on any atom is -0.319 e. The van der Waals surface area contributed by atoms with Crippen LogP contribution in [0.1, 0.15) is 39.3 Å². The predicted molar refractivity (Wildman–Crippen MR) is 53.2 cm³/mol. The van der Waals surface area contributed by atoms with Gasteiger partial charge in [-0.05, 0) is 13.8 Å². The minimum absolute atomic E-state index is 0.961. The van der Waals surface area contributed by atoms with E-state index < -0.39 is 0 Å². The van der Waals surface area contributed by atoms with Gasteiger partial charge in [-0.25, -0.2) is 0 Å². The molecule has 0 aliphatic carbocycles. The van der Waals surface area contributed by atoms with Crippen molar-refractivity contribution in [2.75, 3.05) is 0 Å². The second-order valence-corrected chi connectivity index (χ2v) is 1.85. The van der Waals surface area contributed by atoms with Gasteiger partial charge in [0, 0.05) is 7.05 Å². The van der Waals surface area contributed by atoms with Crippen molar-refractivity contribution < 1.29 is 0 Å². The molecule has 0 aliphatic rings. The standard InChI is InChI=1S/C5H9N3.2C2H6/c1-4-6-7-5(2)8(4)3;2*1-2/h1-3H3;2*1-2H3. The first-order valence-electron chi connectivity index (χ1n) is 4.54. The van der Waals surface area contributed by atoms with Gasteiger partial charge in [0.15, 0.2) is 0 Å². The van der Waals surface area contributed by atoms with Gasteiger partial charge in [0.05, 0.1) is 0 Å². The quantitative estimate of drug-likeness (QED) is 0.600. The van der Waals surface area contributed by atoms with Gasteiger partial charge in [-0.3, -0.25) is 0 Å². The van der Waals surface area contributed by atoms with Gasteiger partial charge in [-0.2, -0.15) is 0 Å². The Morgan fingerprint density at radius 1 is 0.833 bits per heavy atom. The smallest absolute Gasteiger partial charge is 0.129 e. The summed E-state index contributed by atoms with van der Waals surface area (Å²) in [5, 5.41) is 7.66. The van der Waals surface area contributed by atoms with Gasteiger partial charge >= 0.3 is 0 Å². The topological polar surface area (TPSA) is 30.7 Å². The third-order valence-electron chi connectivity index (χ3n) is 1.31. The number of aryl methyl sites for hydroxylation is 2. The van der Waals surface area contributed by atoms with E-state index in [2.05, 4.69) is 10.2 Å². The van der Waals surface area contributed by atoms with Crippen molar-refractivity contribution in [2.24, 2.45) is 7.05 Å². The zero-order valence-corrected chi connectivity index (χ0v) is 9.34. The lowest BCUT2D eigenvalue weighted by Gasteiger charge is -1.90. The van der Waals surface area contributed by atoms with Crippen molar-refractivity contribution in [3.8, 4) is 0 Å². The highest BCUT2D eigenvalue weighted by molar-refractivity contribution is 4.88. The van der Waals surface area contributed by atoms with Gasteiger partial charge < -0.3 is 4.57 Å². The average Bonchev–Trinajstić information content (AvgIpc) is 2.43. The highest BCUT2D eigenvalue weighted by atomic mass is 15.3. The van der Waals surface area contributed by atoms with Crippen LogP contribution in [0.3, 0.4) is 0 Å². The van der Waals surface area contributed by atoms with Gasteiger partial charge in [-0.1, -0.05) is 27.7 Å². The lowest BCUT2D eigenvalue weighted by Crippen LogP contribution is -1.92. The van der Waals surface area contributed by atoms with E-state index in [-0.39, 0.29) is 0 Å². The Hall–Kier alpha value is -0.860. The predicted octanol–water partition coefficient (Wildman–Crippen LogP) is 2.48. The largest absolute Gasteiger partial charge is 0.319 e. The highest BCUT2D eigenvalue weighted by Gasteiger charge is 1.94. The first-order valence-corrected chi connectivity index (χ1v) is 4.54. The average molecular weight is 171 g/mol. The Bertz CT molecular complexity index is 172. The molecule has 3 nitrogen and oxygen atoms in total. The van der Waals surface area contributed by atoms with Crippen LogP contribution in [0.2, 0.25) is 0 Å². The summed E-state index contributed by atoms with van der Waals surface area (Å²) >= 11 is 0. The molecule has 0 amide bonds. The zero-order chi connectivity index (χ0) is 10.1. The van der Waals surface area contributed by atoms with E-state index in [1.165, 1.54) is 0 Å². The van der Waals surface area contributed by atoms with Crippen molar-refractivity contribution in [3.05, 3.63) is 11.6 Å². The van der Waals surface area contributed by atoms with Crippen LogP contribution in [0.5, 0.6) is 0 Å². The van der Waals surface area contributed by atoms with Crippen molar-refractivity contribution in [1.82, 2.24) is 14.8 Å². The van der Waals surface area contributed by atoms with Crippen molar-refractivity contribution >= 4 is 0 Å². The maximum atomic E-state index is 3.83. The molecule has 1 rings (SSSR count). The molecule has 0 saturated heterocycles. The number of aromatic nitrogens is 3. The molecule has 0 atom stereocenters. The van der Waals surface area contributed by atoms with E-state index in [9.17, 15) is 0 Å². The Balaban J connectivity index is 0. The van der Waals surface area contributed by atoms with E-state index >= 15 is 0 Å². The molecule has 0 spiro atoms. The van der Waals surface area contributed by atoms with Gasteiger partial charge in [0.1, 0.15) is 11.6 Å². The third-order valence-corrected chi connectivity index (χ3v) is 1.31. The number of hydrogen-bond acceptors (Lipinski definition) is 2. The molecule has 0 fully saturated rings. The first-order chi connectivity index (χ1) is 5.72. The van der Waals surface area contributed by atoms with E-state index in [0.717, 1.165) is 11.6 Å². The molecule has 0 unspecified atom stereocenters. The first kappa shape index (κ1) is 13.7. The van der Waals surface area contributed by atoms with Crippen LogP contribution in [0.15, 0.2) is 0 Å². The summed E-state index contributed by atoms with van der Waals surface area (Å²) in [7, 11) is 1.95. The number of hydrogen-bond donors (Lipinski definition) is 0. The fourth-order valence-electron chi connectivity index (χ4n) is 0.513. The molecule has 0 N–H and O–H groups in total. The summed E-state index contributed by atoms with van der Waals surface area (Å²) in [6.07, 6.45) is 0. The van der Waals surface area contributed by atoms with Gasteiger partial charge in [-0.15, -0.1) is 10.2 Å². The molecule has 1 heterocycles. The summed E-state index contributed by atoms with van der Waals surface area (Å²) in [4.78, 5) is 0. The second-order valence-electron chi connectivity index (χ2n) is 1.85. The summed E-state index contributed by atoms with van der Waals surface area (Å²) < 4.78 is 1.94. The van der Waals surface area contributed by atoms with Crippen molar-refractivity contribution in [2.45, 2.75) is 41.5 Å². The number of nitrogens with zero attached hydrogens (tertiary/aromatic N) is 3. The van der Waals surface area contributed by atoms with Crippen LogP contribution in [-0.4, -0.2) is 14.8 Å². The molecule has 1 aromatic rings. The molecule has 72 valence electrons. The third kappa shape index (κ3) is 4.11. The fourth-order valence-corrected chi connectivity index (χ4v) is 0.513. The van der Waals surface area contributed by atoms with E-state index in [4.69, 9.17) is 0 Å². The van der Waals surface area contributed by atoms with Crippen LogP contribution >= 0.6 is 0 Å². The highest BCUT2D eigenvalue weighted by Crippen LogP contribution is 1.92. The van der Waals surface area contributed by atoms with Crippen molar-refractivity contribution in [1.29, 1.82) is 0 Å². The van der Waals surface area contributed by atoms with Crippen LogP contribution in [0, 0.1) is 13.8 Å². The van der Waals surface area contributed by atoms with Crippen LogP contribution in [0.25, 0.3) is 0 Å².